The Morgan fingerprint density at radius 2 is 2.05 bits per heavy atom. The van der Waals surface area contributed by atoms with Gasteiger partial charge < -0.3 is 15.7 Å². The molecule has 3 N–H and O–H groups in total. The highest BCUT2D eigenvalue weighted by atomic mass is 16.3. The van der Waals surface area contributed by atoms with E-state index in [0.29, 0.717) is 19.4 Å². The van der Waals surface area contributed by atoms with Gasteiger partial charge in [0.1, 0.15) is 0 Å². The van der Waals surface area contributed by atoms with Crippen molar-refractivity contribution in [1.29, 1.82) is 0 Å². The molecule has 110 valence electrons. The molecule has 0 saturated carbocycles. The summed E-state index contributed by atoms with van der Waals surface area (Å²) in [5.74, 6) is 0.157. The number of nitrogens with zero attached hydrogens (tertiary/aromatic N) is 1. The molecule has 0 radical (unpaired) electrons. The van der Waals surface area contributed by atoms with Crippen molar-refractivity contribution in [2.75, 3.05) is 13.2 Å². The van der Waals surface area contributed by atoms with Gasteiger partial charge in [0.15, 0.2) is 0 Å². The lowest BCUT2D eigenvalue weighted by atomic mass is 9.97. The Balaban J connectivity index is 2.06. The molecule has 0 aliphatic carbocycles. The third kappa shape index (κ3) is 3.58. The van der Waals surface area contributed by atoms with E-state index in [-0.39, 0.29) is 18.6 Å². The lowest BCUT2D eigenvalue weighted by molar-refractivity contribution is -0.134. The van der Waals surface area contributed by atoms with Gasteiger partial charge >= 0.3 is 0 Å². The lowest BCUT2D eigenvalue weighted by Gasteiger charge is -2.35. The Morgan fingerprint density at radius 1 is 1.30 bits per heavy atom. The van der Waals surface area contributed by atoms with E-state index in [1.165, 1.54) is 0 Å². The zero-order valence-corrected chi connectivity index (χ0v) is 11.9. The van der Waals surface area contributed by atoms with Crippen molar-refractivity contribution >= 4 is 5.91 Å². The molecule has 1 heterocycles. The molecule has 1 amide bonds. The summed E-state index contributed by atoms with van der Waals surface area (Å²) in [5.41, 5.74) is 7.78. The molecular weight excluding hydrogens is 252 g/mol. The van der Waals surface area contributed by atoms with Gasteiger partial charge in [-0.15, -0.1) is 0 Å². The van der Waals surface area contributed by atoms with Crippen LogP contribution in [0.15, 0.2) is 24.3 Å². The summed E-state index contributed by atoms with van der Waals surface area (Å²) >= 11 is 0. The number of hydrogen-bond donors (Lipinski definition) is 2. The maximum absolute atomic E-state index is 12.5. The first kappa shape index (κ1) is 15.0. The van der Waals surface area contributed by atoms with Crippen LogP contribution in [-0.4, -0.2) is 35.1 Å². The van der Waals surface area contributed by atoms with Crippen molar-refractivity contribution in [2.45, 2.75) is 44.7 Å². The molecule has 1 atom stereocenters. The second-order valence-corrected chi connectivity index (χ2v) is 5.40. The maximum atomic E-state index is 12.5. The van der Waals surface area contributed by atoms with Crippen LogP contribution in [0.4, 0.5) is 0 Å². The lowest BCUT2D eigenvalue weighted by Crippen LogP contribution is -2.45. The SMILES string of the molecule is NCc1ccccc1CC(=O)N1CCCCC1CCO. The number of nitrogens with two attached hydrogens (primary N) is 1. The fourth-order valence-electron chi connectivity index (χ4n) is 2.97. The fourth-order valence-corrected chi connectivity index (χ4v) is 2.97. The molecule has 1 fully saturated rings. The van der Waals surface area contributed by atoms with Crippen molar-refractivity contribution in [3.8, 4) is 0 Å². The zero-order chi connectivity index (χ0) is 14.4. The summed E-state index contributed by atoms with van der Waals surface area (Å²) in [6.07, 6.45) is 4.31. The second kappa shape index (κ2) is 7.41. The van der Waals surface area contributed by atoms with E-state index in [1.807, 2.05) is 29.2 Å². The van der Waals surface area contributed by atoms with E-state index in [4.69, 9.17) is 10.8 Å². The van der Waals surface area contributed by atoms with Crippen molar-refractivity contribution in [2.24, 2.45) is 5.73 Å². The third-order valence-electron chi connectivity index (χ3n) is 4.09. The van der Waals surface area contributed by atoms with Crippen molar-refractivity contribution in [1.82, 2.24) is 4.90 Å². The van der Waals surface area contributed by atoms with E-state index < -0.39 is 0 Å². The first-order valence-electron chi connectivity index (χ1n) is 7.43. The molecule has 4 heteroatoms. The number of aliphatic hydroxyl groups excluding tert-OH is 1. The molecule has 1 aromatic carbocycles. The molecule has 0 aromatic heterocycles. The van der Waals surface area contributed by atoms with E-state index >= 15 is 0 Å². The third-order valence-corrected chi connectivity index (χ3v) is 4.09. The molecule has 1 saturated heterocycles. The number of carbonyl (C=O) groups is 1. The zero-order valence-electron chi connectivity index (χ0n) is 11.9. The number of benzene rings is 1. The first-order chi connectivity index (χ1) is 9.76. The number of carbonyl (C=O) groups excluding carboxylic acids is 1. The summed E-state index contributed by atoms with van der Waals surface area (Å²) in [6.45, 7) is 1.42. The first-order valence-corrected chi connectivity index (χ1v) is 7.43. The maximum Gasteiger partial charge on any atom is 0.227 e. The Kier molecular flexibility index (Phi) is 5.56. The Bertz CT molecular complexity index is 446. The predicted octanol–water partition coefficient (Wildman–Crippen LogP) is 1.45. The summed E-state index contributed by atoms with van der Waals surface area (Å²) in [5, 5.41) is 9.14. The summed E-state index contributed by atoms with van der Waals surface area (Å²) in [7, 11) is 0. The van der Waals surface area contributed by atoms with Crippen LogP contribution in [-0.2, 0) is 17.8 Å². The average Bonchev–Trinajstić information content (AvgIpc) is 2.48. The molecule has 0 spiro atoms. The smallest absolute Gasteiger partial charge is 0.227 e. The highest BCUT2D eigenvalue weighted by Gasteiger charge is 2.26. The molecule has 4 nitrogen and oxygen atoms in total. The summed E-state index contributed by atoms with van der Waals surface area (Å²) in [4.78, 5) is 14.5. The second-order valence-electron chi connectivity index (χ2n) is 5.40. The van der Waals surface area contributed by atoms with Gasteiger partial charge in [-0.2, -0.15) is 0 Å². The van der Waals surface area contributed by atoms with Crippen LogP contribution >= 0.6 is 0 Å². The predicted molar refractivity (Wildman–Crippen MR) is 79.1 cm³/mol. The van der Waals surface area contributed by atoms with E-state index in [9.17, 15) is 4.79 Å². The molecule has 1 aliphatic heterocycles. The van der Waals surface area contributed by atoms with Crippen molar-refractivity contribution in [3.05, 3.63) is 35.4 Å². The van der Waals surface area contributed by atoms with Gasteiger partial charge in [-0.1, -0.05) is 24.3 Å². The number of aliphatic hydroxyl groups is 1. The number of piperidine rings is 1. The van der Waals surface area contributed by atoms with Gasteiger partial charge in [0.2, 0.25) is 5.91 Å². The molecule has 0 bridgehead atoms. The minimum atomic E-state index is 0.147. The van der Waals surface area contributed by atoms with Crippen LogP contribution in [0, 0.1) is 0 Å². The van der Waals surface area contributed by atoms with Gasteiger partial charge in [-0.05, 0) is 36.8 Å². The van der Waals surface area contributed by atoms with Gasteiger partial charge in [0, 0.05) is 25.7 Å². The molecular formula is C16H24N2O2. The minimum absolute atomic E-state index is 0.147. The van der Waals surface area contributed by atoms with Crippen LogP contribution < -0.4 is 5.73 Å². The van der Waals surface area contributed by atoms with E-state index in [1.54, 1.807) is 0 Å². The van der Waals surface area contributed by atoms with E-state index in [0.717, 1.165) is 36.9 Å². The number of likely N-dealkylation sites (tertiary alicyclic amines) is 1. The largest absolute Gasteiger partial charge is 0.396 e. The normalized spacial score (nSPS) is 19.1. The van der Waals surface area contributed by atoms with Crippen LogP contribution in [0.1, 0.15) is 36.8 Å². The van der Waals surface area contributed by atoms with Gasteiger partial charge in [0.05, 0.1) is 6.42 Å². The van der Waals surface area contributed by atoms with Crippen LogP contribution in [0.2, 0.25) is 0 Å². The van der Waals surface area contributed by atoms with Gasteiger partial charge in [0.25, 0.3) is 0 Å². The van der Waals surface area contributed by atoms with Crippen LogP contribution in [0.3, 0.4) is 0 Å². The fraction of sp³-hybridized carbons (Fsp3) is 0.562. The highest BCUT2D eigenvalue weighted by Crippen LogP contribution is 2.21. The molecule has 20 heavy (non-hydrogen) atoms. The summed E-state index contributed by atoms with van der Waals surface area (Å²) in [6, 6.07) is 8.05. The van der Waals surface area contributed by atoms with E-state index in [2.05, 4.69) is 0 Å². The molecule has 2 rings (SSSR count). The molecule has 1 aliphatic rings. The van der Waals surface area contributed by atoms with Gasteiger partial charge in [-0.3, -0.25) is 4.79 Å². The Hall–Kier alpha value is -1.39. The number of amides is 1. The molecule has 1 aromatic rings. The highest BCUT2D eigenvalue weighted by molar-refractivity contribution is 5.79. The van der Waals surface area contributed by atoms with Crippen molar-refractivity contribution < 1.29 is 9.90 Å². The number of rotatable bonds is 5. The van der Waals surface area contributed by atoms with Crippen LogP contribution in [0.5, 0.6) is 0 Å². The average molecular weight is 276 g/mol. The monoisotopic (exact) mass is 276 g/mol. The molecule has 1 unspecified atom stereocenters. The standard InChI is InChI=1S/C16H24N2O2/c17-12-14-6-2-1-5-13(14)11-16(20)18-9-4-3-7-15(18)8-10-19/h1-2,5-6,15,19H,3-4,7-12,17H2. The quantitative estimate of drug-likeness (QED) is 0.855. The topological polar surface area (TPSA) is 66.6 Å². The Labute approximate surface area is 120 Å². The van der Waals surface area contributed by atoms with Crippen molar-refractivity contribution in [3.63, 3.8) is 0 Å². The Morgan fingerprint density at radius 3 is 2.75 bits per heavy atom. The van der Waals surface area contributed by atoms with Crippen LogP contribution in [0.25, 0.3) is 0 Å². The summed E-state index contributed by atoms with van der Waals surface area (Å²) < 4.78 is 0. The number of hydrogen-bond acceptors (Lipinski definition) is 3. The van der Waals surface area contributed by atoms with Gasteiger partial charge in [-0.25, -0.2) is 0 Å². The minimum Gasteiger partial charge on any atom is -0.396 e.